The molecule has 0 aliphatic heterocycles. The molecule has 0 bridgehead atoms. The van der Waals surface area contributed by atoms with Crippen LogP contribution < -0.4 is 5.73 Å². The fourth-order valence-electron chi connectivity index (χ4n) is 1.81. The Bertz CT molecular complexity index is 691. The van der Waals surface area contributed by atoms with Gasteiger partial charge in [0.05, 0.1) is 15.2 Å². The molecule has 2 N–H and O–H groups in total. The summed E-state index contributed by atoms with van der Waals surface area (Å²) >= 11 is 9.52. The Morgan fingerprint density at radius 2 is 2.00 bits per heavy atom. The number of para-hydroxylation sites is 1. The lowest BCUT2D eigenvalue weighted by atomic mass is 10.2. The van der Waals surface area contributed by atoms with Crippen LogP contribution in [0.4, 0.5) is 0 Å². The summed E-state index contributed by atoms with van der Waals surface area (Å²) in [6, 6.07) is 13.9. The van der Waals surface area contributed by atoms with Gasteiger partial charge in [-0.2, -0.15) is 0 Å². The standard InChI is InChI=1S/C14H11ClN2S2/c15-10-5-3-4-9(8-16)13(10)19-14-17-11-6-1-2-7-12(11)18-14/h1-7H,8,16H2. The first-order valence-electron chi connectivity index (χ1n) is 5.79. The van der Waals surface area contributed by atoms with E-state index >= 15 is 0 Å². The molecule has 1 aromatic heterocycles. The molecule has 2 aromatic carbocycles. The second-order valence-electron chi connectivity index (χ2n) is 3.98. The first kappa shape index (κ1) is 12.9. The van der Waals surface area contributed by atoms with Crippen LogP contribution in [-0.4, -0.2) is 4.98 Å². The molecule has 2 nitrogen and oxygen atoms in total. The number of fused-ring (bicyclic) bond motifs is 1. The molecule has 19 heavy (non-hydrogen) atoms. The van der Waals surface area contributed by atoms with Crippen molar-refractivity contribution >= 4 is 44.9 Å². The molecule has 5 heteroatoms. The summed E-state index contributed by atoms with van der Waals surface area (Å²) in [5.41, 5.74) is 7.84. The van der Waals surface area contributed by atoms with Crippen LogP contribution in [0.15, 0.2) is 51.7 Å². The van der Waals surface area contributed by atoms with E-state index < -0.39 is 0 Å². The van der Waals surface area contributed by atoms with Gasteiger partial charge in [0.1, 0.15) is 0 Å². The Kier molecular flexibility index (Phi) is 3.75. The Balaban J connectivity index is 2.01. The number of aromatic nitrogens is 1. The van der Waals surface area contributed by atoms with Gasteiger partial charge in [-0.05, 0) is 23.8 Å². The minimum absolute atomic E-state index is 0.480. The predicted octanol–water partition coefficient (Wildman–Crippen LogP) is 4.56. The molecule has 1 heterocycles. The van der Waals surface area contributed by atoms with E-state index in [9.17, 15) is 0 Å². The maximum Gasteiger partial charge on any atom is 0.155 e. The van der Waals surface area contributed by atoms with E-state index in [1.165, 1.54) is 4.70 Å². The molecule has 0 unspecified atom stereocenters. The number of benzene rings is 2. The molecule has 0 aliphatic carbocycles. The van der Waals surface area contributed by atoms with Crippen LogP contribution in [-0.2, 0) is 6.54 Å². The van der Waals surface area contributed by atoms with Crippen LogP contribution in [0.5, 0.6) is 0 Å². The van der Waals surface area contributed by atoms with Crippen molar-refractivity contribution in [3.63, 3.8) is 0 Å². The fourth-order valence-corrected chi connectivity index (χ4v) is 4.27. The predicted molar refractivity (Wildman–Crippen MR) is 83.1 cm³/mol. The second-order valence-corrected chi connectivity index (χ2v) is 6.68. The summed E-state index contributed by atoms with van der Waals surface area (Å²) in [6.45, 7) is 0.480. The molecule has 0 aliphatic rings. The summed E-state index contributed by atoms with van der Waals surface area (Å²) in [4.78, 5) is 5.61. The summed E-state index contributed by atoms with van der Waals surface area (Å²) in [5.74, 6) is 0. The molecule has 3 rings (SSSR count). The molecule has 96 valence electrons. The average Bonchev–Trinajstić information content (AvgIpc) is 2.83. The zero-order valence-electron chi connectivity index (χ0n) is 9.97. The highest BCUT2D eigenvalue weighted by Gasteiger charge is 2.11. The number of halogens is 1. The molecular formula is C14H11ClN2S2. The smallest absolute Gasteiger partial charge is 0.155 e. The van der Waals surface area contributed by atoms with E-state index in [0.29, 0.717) is 6.54 Å². The largest absolute Gasteiger partial charge is 0.326 e. The van der Waals surface area contributed by atoms with Crippen LogP contribution in [0.2, 0.25) is 5.02 Å². The third kappa shape index (κ3) is 2.62. The minimum atomic E-state index is 0.480. The van der Waals surface area contributed by atoms with Crippen molar-refractivity contribution in [3.8, 4) is 0 Å². The van der Waals surface area contributed by atoms with Crippen LogP contribution in [0.1, 0.15) is 5.56 Å². The Morgan fingerprint density at radius 1 is 1.16 bits per heavy atom. The zero-order valence-corrected chi connectivity index (χ0v) is 12.4. The number of rotatable bonds is 3. The van der Waals surface area contributed by atoms with E-state index in [0.717, 1.165) is 25.3 Å². The third-order valence-corrected chi connectivity index (χ3v) is 5.44. The quantitative estimate of drug-likeness (QED) is 0.771. The number of thiazole rings is 1. The molecule has 0 saturated heterocycles. The van der Waals surface area contributed by atoms with Crippen molar-refractivity contribution in [3.05, 3.63) is 53.1 Å². The minimum Gasteiger partial charge on any atom is -0.326 e. The molecular weight excluding hydrogens is 296 g/mol. The Morgan fingerprint density at radius 3 is 2.79 bits per heavy atom. The van der Waals surface area contributed by atoms with E-state index in [1.807, 2.05) is 36.4 Å². The van der Waals surface area contributed by atoms with Gasteiger partial charge in [-0.3, -0.25) is 0 Å². The maximum absolute atomic E-state index is 6.26. The van der Waals surface area contributed by atoms with Crippen molar-refractivity contribution in [1.82, 2.24) is 4.98 Å². The van der Waals surface area contributed by atoms with Crippen molar-refractivity contribution in [1.29, 1.82) is 0 Å². The monoisotopic (exact) mass is 306 g/mol. The summed E-state index contributed by atoms with van der Waals surface area (Å²) in [7, 11) is 0. The molecule has 0 radical (unpaired) electrons. The Labute approximate surface area is 124 Å². The molecule has 0 atom stereocenters. The molecule has 0 amide bonds. The number of nitrogens with two attached hydrogens (primary N) is 1. The third-order valence-electron chi connectivity index (χ3n) is 2.73. The highest BCUT2D eigenvalue weighted by Crippen LogP contribution is 2.39. The summed E-state index contributed by atoms with van der Waals surface area (Å²) < 4.78 is 2.18. The first-order valence-corrected chi connectivity index (χ1v) is 7.80. The highest BCUT2D eigenvalue weighted by atomic mass is 35.5. The Hall–Kier alpha value is -1.07. The maximum atomic E-state index is 6.26. The number of hydrogen-bond acceptors (Lipinski definition) is 4. The van der Waals surface area contributed by atoms with Crippen molar-refractivity contribution in [2.24, 2.45) is 5.73 Å². The second kappa shape index (κ2) is 5.51. The number of hydrogen-bond donors (Lipinski definition) is 1. The van der Waals surface area contributed by atoms with Crippen LogP contribution >= 0.6 is 34.7 Å². The lowest BCUT2D eigenvalue weighted by Gasteiger charge is -2.07. The average molecular weight is 307 g/mol. The molecule has 0 saturated carbocycles. The van der Waals surface area contributed by atoms with E-state index in [4.69, 9.17) is 17.3 Å². The number of nitrogens with zero attached hydrogens (tertiary/aromatic N) is 1. The highest BCUT2D eigenvalue weighted by molar-refractivity contribution is 8.01. The molecule has 3 aromatic rings. The van der Waals surface area contributed by atoms with Gasteiger partial charge in [0.15, 0.2) is 4.34 Å². The summed E-state index contributed by atoms with van der Waals surface area (Å²) in [5, 5.41) is 0.729. The molecule has 0 spiro atoms. The lowest BCUT2D eigenvalue weighted by molar-refractivity contribution is 1.03. The van der Waals surface area contributed by atoms with Gasteiger partial charge in [-0.25, -0.2) is 4.98 Å². The van der Waals surface area contributed by atoms with Crippen molar-refractivity contribution in [2.75, 3.05) is 0 Å². The first-order chi connectivity index (χ1) is 9.28. The van der Waals surface area contributed by atoms with Crippen LogP contribution in [0.25, 0.3) is 10.2 Å². The topological polar surface area (TPSA) is 38.9 Å². The van der Waals surface area contributed by atoms with Crippen LogP contribution in [0.3, 0.4) is 0 Å². The summed E-state index contributed by atoms with van der Waals surface area (Å²) in [6.07, 6.45) is 0. The van der Waals surface area contributed by atoms with Gasteiger partial charge in [0.25, 0.3) is 0 Å². The molecule has 0 fully saturated rings. The van der Waals surface area contributed by atoms with E-state index in [1.54, 1.807) is 23.1 Å². The van der Waals surface area contributed by atoms with Gasteiger partial charge in [-0.15, -0.1) is 11.3 Å². The van der Waals surface area contributed by atoms with Crippen molar-refractivity contribution in [2.45, 2.75) is 15.8 Å². The van der Waals surface area contributed by atoms with Crippen molar-refractivity contribution < 1.29 is 0 Å². The van der Waals surface area contributed by atoms with Gasteiger partial charge in [0, 0.05) is 11.4 Å². The van der Waals surface area contributed by atoms with Gasteiger partial charge in [-0.1, -0.05) is 47.6 Å². The SMILES string of the molecule is NCc1cccc(Cl)c1Sc1nc2ccccc2s1. The van der Waals surface area contributed by atoms with Crippen LogP contribution in [0, 0.1) is 0 Å². The van der Waals surface area contributed by atoms with Gasteiger partial charge in [0.2, 0.25) is 0 Å². The van der Waals surface area contributed by atoms with E-state index in [-0.39, 0.29) is 0 Å². The fraction of sp³-hybridized carbons (Fsp3) is 0.0714. The lowest BCUT2D eigenvalue weighted by Crippen LogP contribution is -1.98. The van der Waals surface area contributed by atoms with Gasteiger partial charge >= 0.3 is 0 Å². The van der Waals surface area contributed by atoms with Gasteiger partial charge < -0.3 is 5.73 Å². The normalized spacial score (nSPS) is 11.1. The zero-order chi connectivity index (χ0) is 13.2. The van der Waals surface area contributed by atoms with E-state index in [2.05, 4.69) is 11.1 Å².